The Morgan fingerprint density at radius 3 is 2.20 bits per heavy atom. The van der Waals surface area contributed by atoms with Gasteiger partial charge in [-0.1, -0.05) is 34.6 Å². The first kappa shape index (κ1) is 14.9. The monoisotopic (exact) mass is 216 g/mol. The molecule has 2 rings (SSSR count). The maximum absolute atomic E-state index is 5.22. The van der Waals surface area contributed by atoms with Crippen molar-refractivity contribution in [1.82, 2.24) is 10.2 Å². The SMILES string of the molecule is CC.CC.CCN1CCNC2(COC2)C1. The molecule has 0 unspecified atom stereocenters. The predicted molar refractivity (Wildman–Crippen MR) is 66.4 cm³/mol. The van der Waals surface area contributed by atoms with Gasteiger partial charge in [0, 0.05) is 19.6 Å². The first-order valence-corrected chi connectivity index (χ1v) is 6.40. The highest BCUT2D eigenvalue weighted by Gasteiger charge is 2.41. The van der Waals surface area contributed by atoms with E-state index in [2.05, 4.69) is 17.1 Å². The number of ether oxygens (including phenoxy) is 1. The molecule has 92 valence electrons. The van der Waals surface area contributed by atoms with Gasteiger partial charge >= 0.3 is 0 Å². The number of hydrogen-bond acceptors (Lipinski definition) is 3. The van der Waals surface area contributed by atoms with Crippen molar-refractivity contribution in [2.75, 3.05) is 39.4 Å². The van der Waals surface area contributed by atoms with E-state index in [9.17, 15) is 0 Å². The maximum Gasteiger partial charge on any atom is 0.0782 e. The number of rotatable bonds is 1. The molecule has 3 heteroatoms. The lowest BCUT2D eigenvalue weighted by molar-refractivity contribution is -0.0995. The van der Waals surface area contributed by atoms with Crippen LogP contribution in [0.25, 0.3) is 0 Å². The quantitative estimate of drug-likeness (QED) is 0.722. The Hall–Kier alpha value is -0.120. The van der Waals surface area contributed by atoms with E-state index in [-0.39, 0.29) is 0 Å². The Morgan fingerprint density at radius 1 is 1.20 bits per heavy atom. The van der Waals surface area contributed by atoms with Crippen molar-refractivity contribution in [1.29, 1.82) is 0 Å². The zero-order chi connectivity index (χ0) is 11.7. The molecule has 0 atom stereocenters. The van der Waals surface area contributed by atoms with Gasteiger partial charge in [0.05, 0.1) is 18.8 Å². The van der Waals surface area contributed by atoms with Crippen LogP contribution in [0.2, 0.25) is 0 Å². The summed E-state index contributed by atoms with van der Waals surface area (Å²) < 4.78 is 5.22. The summed E-state index contributed by atoms with van der Waals surface area (Å²) in [5.41, 5.74) is 0.328. The van der Waals surface area contributed by atoms with E-state index in [4.69, 9.17) is 4.74 Å². The summed E-state index contributed by atoms with van der Waals surface area (Å²) in [7, 11) is 0. The molecule has 2 heterocycles. The number of piperazine rings is 1. The van der Waals surface area contributed by atoms with Crippen LogP contribution in [-0.4, -0.2) is 49.8 Å². The third kappa shape index (κ3) is 4.09. The molecule has 3 nitrogen and oxygen atoms in total. The minimum absolute atomic E-state index is 0.328. The molecule has 2 saturated heterocycles. The third-order valence-corrected chi connectivity index (χ3v) is 2.66. The van der Waals surface area contributed by atoms with Crippen LogP contribution in [0.15, 0.2) is 0 Å². The molecule has 0 aromatic carbocycles. The largest absolute Gasteiger partial charge is 0.377 e. The van der Waals surface area contributed by atoms with Crippen LogP contribution in [-0.2, 0) is 4.74 Å². The van der Waals surface area contributed by atoms with Gasteiger partial charge in [-0.3, -0.25) is 0 Å². The summed E-state index contributed by atoms with van der Waals surface area (Å²) >= 11 is 0. The average Bonchev–Trinajstić information content (AvgIpc) is 2.32. The summed E-state index contributed by atoms with van der Waals surface area (Å²) in [6.45, 7) is 16.7. The first-order chi connectivity index (χ1) is 7.35. The van der Waals surface area contributed by atoms with E-state index < -0.39 is 0 Å². The molecule has 0 aromatic rings. The van der Waals surface area contributed by atoms with Crippen molar-refractivity contribution in [2.45, 2.75) is 40.2 Å². The van der Waals surface area contributed by atoms with Gasteiger partial charge in [-0.25, -0.2) is 0 Å². The molecular weight excluding hydrogens is 188 g/mol. The fraction of sp³-hybridized carbons (Fsp3) is 1.00. The van der Waals surface area contributed by atoms with Crippen molar-refractivity contribution in [3.8, 4) is 0 Å². The molecule has 15 heavy (non-hydrogen) atoms. The highest BCUT2D eigenvalue weighted by atomic mass is 16.5. The zero-order valence-electron chi connectivity index (χ0n) is 11.1. The van der Waals surface area contributed by atoms with Crippen molar-refractivity contribution < 1.29 is 4.74 Å². The van der Waals surface area contributed by atoms with Crippen LogP contribution in [0.1, 0.15) is 34.6 Å². The van der Waals surface area contributed by atoms with Crippen molar-refractivity contribution >= 4 is 0 Å². The summed E-state index contributed by atoms with van der Waals surface area (Å²) in [4.78, 5) is 2.49. The topological polar surface area (TPSA) is 24.5 Å². The Labute approximate surface area is 95.2 Å². The van der Waals surface area contributed by atoms with Gasteiger partial charge in [0.1, 0.15) is 0 Å². The Morgan fingerprint density at radius 2 is 1.80 bits per heavy atom. The lowest BCUT2D eigenvalue weighted by Crippen LogP contribution is -2.70. The van der Waals surface area contributed by atoms with Crippen LogP contribution in [0.5, 0.6) is 0 Å². The molecule has 2 fully saturated rings. The number of nitrogens with zero attached hydrogens (tertiary/aromatic N) is 1. The molecule has 0 aromatic heterocycles. The molecule has 1 spiro atoms. The minimum atomic E-state index is 0.328. The number of hydrogen-bond donors (Lipinski definition) is 1. The standard InChI is InChI=1S/C8H16N2O.2C2H6/c1-2-10-4-3-9-8(5-10)6-11-7-8;2*1-2/h9H,2-7H2,1H3;2*1-2H3. The summed E-state index contributed by atoms with van der Waals surface area (Å²) in [6, 6.07) is 0. The fourth-order valence-electron chi connectivity index (χ4n) is 1.85. The van der Waals surface area contributed by atoms with E-state index in [1.807, 2.05) is 27.7 Å². The molecule has 0 bridgehead atoms. The van der Waals surface area contributed by atoms with Crippen LogP contribution in [0, 0.1) is 0 Å². The molecule has 0 aliphatic carbocycles. The first-order valence-electron chi connectivity index (χ1n) is 6.40. The maximum atomic E-state index is 5.22. The smallest absolute Gasteiger partial charge is 0.0782 e. The van der Waals surface area contributed by atoms with E-state index >= 15 is 0 Å². The van der Waals surface area contributed by atoms with Crippen LogP contribution in [0.4, 0.5) is 0 Å². The fourth-order valence-corrected chi connectivity index (χ4v) is 1.85. The Bertz CT molecular complexity index is 147. The second kappa shape index (κ2) is 8.08. The van der Waals surface area contributed by atoms with Crippen LogP contribution in [0.3, 0.4) is 0 Å². The highest BCUT2D eigenvalue weighted by Crippen LogP contribution is 2.20. The Balaban J connectivity index is 0.000000442. The van der Waals surface area contributed by atoms with Crippen molar-refractivity contribution in [2.24, 2.45) is 0 Å². The predicted octanol–water partition coefficient (Wildman–Crippen LogP) is 1.73. The van der Waals surface area contributed by atoms with Gasteiger partial charge in [-0.05, 0) is 6.54 Å². The summed E-state index contributed by atoms with van der Waals surface area (Å²) in [5.74, 6) is 0. The van der Waals surface area contributed by atoms with Gasteiger partial charge < -0.3 is 15.0 Å². The summed E-state index contributed by atoms with van der Waals surface area (Å²) in [6.07, 6.45) is 0. The van der Waals surface area contributed by atoms with Gasteiger partial charge in [0.25, 0.3) is 0 Å². The van der Waals surface area contributed by atoms with Gasteiger partial charge in [-0.2, -0.15) is 0 Å². The van der Waals surface area contributed by atoms with Crippen LogP contribution < -0.4 is 5.32 Å². The normalized spacial score (nSPS) is 23.0. The van der Waals surface area contributed by atoms with E-state index in [0.717, 1.165) is 19.8 Å². The molecular formula is C12H28N2O. The molecule has 2 aliphatic rings. The van der Waals surface area contributed by atoms with E-state index in [1.165, 1.54) is 19.6 Å². The lowest BCUT2D eigenvalue weighted by Gasteiger charge is -2.48. The minimum Gasteiger partial charge on any atom is -0.377 e. The van der Waals surface area contributed by atoms with Gasteiger partial charge in [-0.15, -0.1) is 0 Å². The van der Waals surface area contributed by atoms with Crippen molar-refractivity contribution in [3.05, 3.63) is 0 Å². The number of likely N-dealkylation sites (N-methyl/N-ethyl adjacent to an activating group) is 1. The van der Waals surface area contributed by atoms with Gasteiger partial charge in [0.2, 0.25) is 0 Å². The van der Waals surface area contributed by atoms with E-state index in [1.54, 1.807) is 0 Å². The lowest BCUT2D eigenvalue weighted by atomic mass is 9.94. The molecule has 0 radical (unpaired) electrons. The molecule has 1 N–H and O–H groups in total. The van der Waals surface area contributed by atoms with E-state index in [0.29, 0.717) is 5.54 Å². The van der Waals surface area contributed by atoms with Crippen LogP contribution >= 0.6 is 0 Å². The molecule has 2 aliphatic heterocycles. The second-order valence-electron chi connectivity index (χ2n) is 3.57. The van der Waals surface area contributed by atoms with Crippen molar-refractivity contribution in [3.63, 3.8) is 0 Å². The second-order valence-corrected chi connectivity index (χ2v) is 3.57. The Kier molecular flexibility index (Phi) is 8.02. The molecule has 0 saturated carbocycles. The van der Waals surface area contributed by atoms with Gasteiger partial charge in [0.15, 0.2) is 0 Å². The summed E-state index contributed by atoms with van der Waals surface area (Å²) in [5, 5.41) is 3.53. The average molecular weight is 216 g/mol. The third-order valence-electron chi connectivity index (χ3n) is 2.66. The highest BCUT2D eigenvalue weighted by molar-refractivity contribution is 4.99. The zero-order valence-corrected chi connectivity index (χ0v) is 11.1. The number of nitrogens with one attached hydrogen (secondary N) is 1. The molecule has 0 amide bonds.